The first kappa shape index (κ1) is 20.8. The van der Waals surface area contributed by atoms with Crippen LogP contribution >= 0.6 is 0 Å². The zero-order valence-corrected chi connectivity index (χ0v) is 17.6. The van der Waals surface area contributed by atoms with Crippen molar-refractivity contribution in [2.24, 2.45) is 0 Å². The molecule has 0 bridgehead atoms. The topological polar surface area (TPSA) is 78.4 Å². The van der Waals surface area contributed by atoms with E-state index >= 15 is 0 Å². The molecule has 1 aliphatic rings. The van der Waals surface area contributed by atoms with Crippen LogP contribution in [0.4, 0.5) is 0 Å². The second-order valence-electron chi connectivity index (χ2n) is 7.75. The molecule has 5 nitrogen and oxygen atoms in total. The molecule has 30 heavy (non-hydrogen) atoms. The summed E-state index contributed by atoms with van der Waals surface area (Å²) in [4.78, 5) is 0.236. The van der Waals surface area contributed by atoms with Gasteiger partial charge in [0.15, 0.2) is 0 Å². The first-order valence-corrected chi connectivity index (χ1v) is 11.6. The second kappa shape index (κ2) is 8.70. The molecule has 0 heterocycles. The van der Waals surface area contributed by atoms with Gasteiger partial charge in [0.2, 0.25) is 10.0 Å². The molecule has 3 aromatic rings. The van der Waals surface area contributed by atoms with Gasteiger partial charge in [0.05, 0.1) is 23.1 Å². The molecule has 3 aromatic carbocycles. The van der Waals surface area contributed by atoms with E-state index in [9.17, 15) is 13.5 Å². The van der Waals surface area contributed by atoms with Crippen LogP contribution in [-0.2, 0) is 16.4 Å². The van der Waals surface area contributed by atoms with E-state index in [4.69, 9.17) is 0 Å². The number of hydrogen-bond acceptors (Lipinski definition) is 4. The van der Waals surface area contributed by atoms with Crippen LogP contribution in [0.1, 0.15) is 34.3 Å². The zero-order valence-electron chi connectivity index (χ0n) is 16.8. The molecule has 0 saturated heterocycles. The highest BCUT2D eigenvalue weighted by atomic mass is 32.2. The molecule has 3 atom stereocenters. The largest absolute Gasteiger partial charge is 0.391 e. The molecule has 6 heteroatoms. The van der Waals surface area contributed by atoms with E-state index in [1.807, 2.05) is 61.5 Å². The van der Waals surface area contributed by atoms with Crippen LogP contribution in [0.3, 0.4) is 0 Å². The van der Waals surface area contributed by atoms with Crippen LogP contribution < -0.4 is 10.0 Å². The Balaban J connectivity index is 1.56. The highest BCUT2D eigenvalue weighted by molar-refractivity contribution is 7.89. The van der Waals surface area contributed by atoms with Gasteiger partial charge in [-0.25, -0.2) is 13.1 Å². The van der Waals surface area contributed by atoms with Gasteiger partial charge in [-0.2, -0.15) is 0 Å². The first-order chi connectivity index (χ1) is 14.4. The van der Waals surface area contributed by atoms with Crippen LogP contribution in [0.5, 0.6) is 0 Å². The lowest BCUT2D eigenvalue weighted by atomic mass is 10.1. The lowest BCUT2D eigenvalue weighted by Crippen LogP contribution is -2.39. The Morgan fingerprint density at radius 3 is 2.37 bits per heavy atom. The molecule has 0 spiro atoms. The van der Waals surface area contributed by atoms with Crippen LogP contribution in [0.2, 0.25) is 0 Å². The molecule has 0 aliphatic heterocycles. The Kier molecular flexibility index (Phi) is 6.01. The maximum Gasteiger partial charge on any atom is 0.241 e. The summed E-state index contributed by atoms with van der Waals surface area (Å²) in [5.41, 5.74) is 4.06. The summed E-state index contributed by atoms with van der Waals surface area (Å²) < 4.78 is 28.8. The average molecular weight is 423 g/mol. The summed E-state index contributed by atoms with van der Waals surface area (Å²) in [5, 5.41) is 13.9. The lowest BCUT2D eigenvalue weighted by molar-refractivity contribution is 0.140. The van der Waals surface area contributed by atoms with Crippen molar-refractivity contribution >= 4 is 10.0 Å². The minimum absolute atomic E-state index is 0.226. The zero-order chi connectivity index (χ0) is 21.1. The van der Waals surface area contributed by atoms with E-state index in [2.05, 4.69) is 10.0 Å². The molecule has 3 N–H and O–H groups in total. The van der Waals surface area contributed by atoms with Crippen molar-refractivity contribution in [2.75, 3.05) is 6.54 Å². The minimum atomic E-state index is -3.70. The fourth-order valence-corrected chi connectivity index (χ4v) is 5.17. The van der Waals surface area contributed by atoms with Gasteiger partial charge in [-0.15, -0.1) is 0 Å². The van der Waals surface area contributed by atoms with Crippen molar-refractivity contribution in [3.05, 3.63) is 101 Å². The molecule has 0 radical (unpaired) electrons. The Bertz CT molecular complexity index is 1100. The highest BCUT2D eigenvalue weighted by Gasteiger charge is 2.31. The van der Waals surface area contributed by atoms with E-state index in [0.29, 0.717) is 13.0 Å². The second-order valence-corrected chi connectivity index (χ2v) is 9.47. The van der Waals surface area contributed by atoms with Gasteiger partial charge in [-0.3, -0.25) is 0 Å². The number of hydrogen-bond donors (Lipinski definition) is 3. The Labute approximate surface area is 177 Å². The van der Waals surface area contributed by atoms with Crippen LogP contribution in [0.15, 0.2) is 83.8 Å². The number of aryl methyl sites for hydroxylation is 1. The molecular weight excluding hydrogens is 396 g/mol. The monoisotopic (exact) mass is 422 g/mol. The van der Waals surface area contributed by atoms with Crippen LogP contribution in [0, 0.1) is 6.92 Å². The fourth-order valence-electron chi connectivity index (χ4n) is 3.95. The van der Waals surface area contributed by atoms with E-state index in [1.54, 1.807) is 24.3 Å². The van der Waals surface area contributed by atoms with E-state index < -0.39 is 22.2 Å². The van der Waals surface area contributed by atoms with Crippen LogP contribution in [-0.4, -0.2) is 26.2 Å². The number of benzene rings is 3. The summed E-state index contributed by atoms with van der Waals surface area (Å²) in [6.07, 6.45) is 0.0615. The molecular formula is C24H26N2O3S. The van der Waals surface area contributed by atoms with Crippen molar-refractivity contribution in [3.8, 4) is 0 Å². The van der Waals surface area contributed by atoms with Crippen molar-refractivity contribution in [1.29, 1.82) is 0 Å². The maximum atomic E-state index is 13.0. The fraction of sp³-hybridized carbons (Fsp3) is 0.250. The van der Waals surface area contributed by atoms with E-state index in [-0.39, 0.29) is 10.9 Å². The number of rotatable bonds is 7. The van der Waals surface area contributed by atoms with E-state index in [1.165, 1.54) is 0 Å². The Morgan fingerprint density at radius 2 is 1.63 bits per heavy atom. The number of aliphatic hydroxyl groups excluding tert-OH is 1. The van der Waals surface area contributed by atoms with Crippen molar-refractivity contribution in [3.63, 3.8) is 0 Å². The predicted octanol–water partition coefficient (Wildman–Crippen LogP) is 3.26. The number of aliphatic hydroxyl groups is 1. The SMILES string of the molecule is Cc1ccc(S(=O)(=O)N[C@H](CN[C@@H]2c3ccccc3C[C@@H]2O)c2ccccc2)cc1. The average Bonchev–Trinajstić information content (AvgIpc) is 3.07. The summed E-state index contributed by atoms with van der Waals surface area (Å²) >= 11 is 0. The number of sulfonamides is 1. The summed E-state index contributed by atoms with van der Waals surface area (Å²) in [5.74, 6) is 0. The Morgan fingerprint density at radius 1 is 0.967 bits per heavy atom. The highest BCUT2D eigenvalue weighted by Crippen LogP contribution is 2.31. The molecule has 0 amide bonds. The van der Waals surface area contributed by atoms with Gasteiger partial charge in [-0.1, -0.05) is 72.3 Å². The number of fused-ring (bicyclic) bond motifs is 1. The van der Waals surface area contributed by atoms with Crippen molar-refractivity contribution < 1.29 is 13.5 Å². The van der Waals surface area contributed by atoms with Gasteiger partial charge in [0.25, 0.3) is 0 Å². The third-order valence-corrected chi connectivity index (χ3v) is 7.06. The molecule has 156 valence electrons. The lowest BCUT2D eigenvalue weighted by Gasteiger charge is -2.24. The van der Waals surface area contributed by atoms with Crippen LogP contribution in [0.25, 0.3) is 0 Å². The quantitative estimate of drug-likeness (QED) is 0.546. The Hall–Kier alpha value is -2.51. The molecule has 0 unspecified atom stereocenters. The summed E-state index contributed by atoms with van der Waals surface area (Å²) in [6, 6.07) is 23.6. The third kappa shape index (κ3) is 4.47. The predicted molar refractivity (Wildman–Crippen MR) is 118 cm³/mol. The number of nitrogens with one attached hydrogen (secondary N) is 2. The van der Waals surface area contributed by atoms with Crippen molar-refractivity contribution in [1.82, 2.24) is 10.0 Å². The summed E-state index contributed by atoms with van der Waals surface area (Å²) in [7, 11) is -3.70. The maximum absolute atomic E-state index is 13.0. The third-order valence-electron chi connectivity index (χ3n) is 5.58. The molecule has 0 saturated carbocycles. The molecule has 1 aliphatic carbocycles. The standard InChI is InChI=1S/C24H26N2O3S/c1-17-11-13-20(14-12-17)30(28,29)26-22(18-7-3-2-4-8-18)16-25-24-21-10-6-5-9-19(21)15-23(24)27/h2-14,22-27H,15-16H2,1H3/t22-,23+,24-/m1/s1. The first-order valence-electron chi connectivity index (χ1n) is 10.1. The van der Waals surface area contributed by atoms with Gasteiger partial charge in [0.1, 0.15) is 0 Å². The van der Waals surface area contributed by atoms with Crippen molar-refractivity contribution in [2.45, 2.75) is 36.4 Å². The normalized spacial score (nSPS) is 19.4. The van der Waals surface area contributed by atoms with E-state index in [0.717, 1.165) is 22.3 Å². The molecule has 0 fully saturated rings. The smallest absolute Gasteiger partial charge is 0.241 e. The van der Waals surface area contributed by atoms with Gasteiger partial charge in [0, 0.05) is 13.0 Å². The van der Waals surface area contributed by atoms with Gasteiger partial charge < -0.3 is 10.4 Å². The van der Waals surface area contributed by atoms with Gasteiger partial charge >= 0.3 is 0 Å². The molecule has 0 aromatic heterocycles. The van der Waals surface area contributed by atoms with Gasteiger partial charge in [-0.05, 0) is 35.7 Å². The minimum Gasteiger partial charge on any atom is -0.391 e. The molecule has 4 rings (SSSR count). The summed E-state index contributed by atoms with van der Waals surface area (Å²) in [6.45, 7) is 2.27.